The molecule has 4 aromatic carbocycles. The molecular weight excluding hydrogens is 418 g/mol. The number of fused-ring (bicyclic) bond motifs is 2. The second-order valence-corrected chi connectivity index (χ2v) is 7.73. The highest BCUT2D eigenvalue weighted by atomic mass is 16.5. The summed E-state index contributed by atoms with van der Waals surface area (Å²) >= 11 is 0. The number of phenols is 3. The van der Waals surface area contributed by atoms with Crippen molar-refractivity contribution in [3.8, 4) is 46.0 Å². The van der Waals surface area contributed by atoms with Crippen molar-refractivity contribution in [2.24, 2.45) is 0 Å². The average molecular weight is 439 g/mol. The SMILES string of the molecule is CCCOc1nc(-c2ccc3cc4ccccc4cc3c2)nc(-c2c(O)cc(O)cc2O)n1. The van der Waals surface area contributed by atoms with Crippen LogP contribution in [0.4, 0.5) is 0 Å². The largest absolute Gasteiger partial charge is 0.508 e. The molecule has 0 unspecified atom stereocenters. The molecule has 0 aliphatic rings. The summed E-state index contributed by atoms with van der Waals surface area (Å²) in [6, 6.07) is 20.6. The normalized spacial score (nSPS) is 11.2. The molecule has 0 aliphatic carbocycles. The van der Waals surface area contributed by atoms with Crippen molar-refractivity contribution >= 4 is 21.5 Å². The Labute approximate surface area is 189 Å². The highest BCUT2D eigenvalue weighted by Gasteiger charge is 2.19. The standard InChI is InChI=1S/C26H21N3O4/c1-2-9-33-26-28-24(27-25(29-26)23-21(31)13-20(30)14-22(23)32)18-8-7-17-10-15-5-3-4-6-16(15)11-19(17)12-18/h3-8,10-14,30-32H,2,9H2,1H3. The average Bonchev–Trinajstić information content (AvgIpc) is 2.80. The molecule has 7 nitrogen and oxygen atoms in total. The van der Waals surface area contributed by atoms with Crippen LogP contribution in [0.2, 0.25) is 0 Å². The van der Waals surface area contributed by atoms with Gasteiger partial charge in [-0.3, -0.25) is 0 Å². The maximum Gasteiger partial charge on any atom is 0.320 e. The van der Waals surface area contributed by atoms with Gasteiger partial charge >= 0.3 is 6.01 Å². The Kier molecular flexibility index (Phi) is 5.14. The summed E-state index contributed by atoms with van der Waals surface area (Å²) in [6.45, 7) is 2.37. The van der Waals surface area contributed by atoms with Crippen LogP contribution in [0.5, 0.6) is 23.3 Å². The Morgan fingerprint density at radius 2 is 1.33 bits per heavy atom. The summed E-state index contributed by atoms with van der Waals surface area (Å²) < 4.78 is 5.65. The molecule has 0 aliphatic heterocycles. The zero-order valence-electron chi connectivity index (χ0n) is 17.9. The van der Waals surface area contributed by atoms with Crippen molar-refractivity contribution in [2.75, 3.05) is 6.61 Å². The maximum absolute atomic E-state index is 10.3. The van der Waals surface area contributed by atoms with Gasteiger partial charge < -0.3 is 20.1 Å². The molecule has 5 rings (SSSR count). The lowest BCUT2D eigenvalue weighted by Gasteiger charge is -2.11. The summed E-state index contributed by atoms with van der Waals surface area (Å²) in [4.78, 5) is 13.2. The molecule has 0 fully saturated rings. The van der Waals surface area contributed by atoms with Crippen molar-refractivity contribution in [3.05, 3.63) is 66.7 Å². The fourth-order valence-corrected chi connectivity index (χ4v) is 3.76. The van der Waals surface area contributed by atoms with E-state index in [0.717, 1.165) is 45.7 Å². The number of ether oxygens (including phenoxy) is 1. The van der Waals surface area contributed by atoms with E-state index in [-0.39, 0.29) is 34.6 Å². The molecule has 1 aromatic heterocycles. The molecule has 0 amide bonds. The van der Waals surface area contributed by atoms with E-state index >= 15 is 0 Å². The van der Waals surface area contributed by atoms with Gasteiger partial charge in [-0.1, -0.05) is 43.3 Å². The van der Waals surface area contributed by atoms with Crippen molar-refractivity contribution in [1.29, 1.82) is 0 Å². The van der Waals surface area contributed by atoms with Crippen molar-refractivity contribution in [3.63, 3.8) is 0 Å². The van der Waals surface area contributed by atoms with Gasteiger partial charge in [0, 0.05) is 17.7 Å². The minimum Gasteiger partial charge on any atom is -0.508 e. The third kappa shape index (κ3) is 3.96. The summed E-state index contributed by atoms with van der Waals surface area (Å²) in [6.07, 6.45) is 0.759. The number of benzene rings is 4. The van der Waals surface area contributed by atoms with Gasteiger partial charge in [0.15, 0.2) is 11.6 Å². The third-order valence-electron chi connectivity index (χ3n) is 5.32. The van der Waals surface area contributed by atoms with Crippen LogP contribution < -0.4 is 4.74 Å². The van der Waals surface area contributed by atoms with Gasteiger partial charge in [-0.2, -0.15) is 9.97 Å². The molecule has 3 N–H and O–H groups in total. The monoisotopic (exact) mass is 439 g/mol. The predicted molar refractivity (Wildman–Crippen MR) is 126 cm³/mol. The molecule has 33 heavy (non-hydrogen) atoms. The van der Waals surface area contributed by atoms with E-state index in [9.17, 15) is 15.3 Å². The molecule has 0 bridgehead atoms. The Morgan fingerprint density at radius 1 is 0.697 bits per heavy atom. The van der Waals surface area contributed by atoms with E-state index in [1.165, 1.54) is 0 Å². The van der Waals surface area contributed by atoms with E-state index in [2.05, 4.69) is 39.2 Å². The molecule has 5 aromatic rings. The molecular formula is C26H21N3O4. The fraction of sp³-hybridized carbons (Fsp3) is 0.115. The first-order valence-electron chi connectivity index (χ1n) is 10.6. The molecule has 1 heterocycles. The molecule has 0 radical (unpaired) electrons. The summed E-state index contributed by atoms with van der Waals surface area (Å²) in [5.41, 5.74) is 0.727. The first-order chi connectivity index (χ1) is 16.0. The zero-order valence-corrected chi connectivity index (χ0v) is 17.9. The van der Waals surface area contributed by atoms with Gasteiger partial charge in [0.2, 0.25) is 0 Å². The predicted octanol–water partition coefficient (Wildman–Crippen LogP) is 5.42. The van der Waals surface area contributed by atoms with Crippen molar-refractivity contribution in [1.82, 2.24) is 15.0 Å². The smallest absolute Gasteiger partial charge is 0.320 e. The van der Waals surface area contributed by atoms with E-state index < -0.39 is 0 Å². The Bertz CT molecular complexity index is 1480. The quantitative estimate of drug-likeness (QED) is 0.314. The summed E-state index contributed by atoms with van der Waals surface area (Å²) in [5.74, 6) is -0.591. The third-order valence-corrected chi connectivity index (χ3v) is 5.32. The van der Waals surface area contributed by atoms with E-state index in [1.807, 2.05) is 37.3 Å². The fourth-order valence-electron chi connectivity index (χ4n) is 3.76. The van der Waals surface area contributed by atoms with Crippen LogP contribution in [-0.2, 0) is 0 Å². The number of rotatable bonds is 5. The molecule has 0 atom stereocenters. The van der Waals surface area contributed by atoms with Gasteiger partial charge in [0.05, 0.1) is 6.61 Å². The van der Waals surface area contributed by atoms with Gasteiger partial charge in [-0.05, 0) is 46.2 Å². The molecule has 0 saturated heterocycles. The maximum atomic E-state index is 10.3. The van der Waals surface area contributed by atoms with Gasteiger partial charge in [-0.25, -0.2) is 4.98 Å². The van der Waals surface area contributed by atoms with Crippen molar-refractivity contribution in [2.45, 2.75) is 13.3 Å². The Hall–Kier alpha value is -4.39. The summed E-state index contributed by atoms with van der Waals surface area (Å²) in [5, 5.41) is 34.7. The number of hydrogen-bond donors (Lipinski definition) is 3. The van der Waals surface area contributed by atoms with Crippen LogP contribution >= 0.6 is 0 Å². The lowest BCUT2D eigenvalue weighted by molar-refractivity contribution is 0.292. The Morgan fingerprint density at radius 3 is 2.03 bits per heavy atom. The van der Waals surface area contributed by atoms with Crippen LogP contribution in [0.25, 0.3) is 44.3 Å². The highest BCUT2D eigenvalue weighted by Crippen LogP contribution is 2.39. The van der Waals surface area contributed by atoms with E-state index in [1.54, 1.807) is 0 Å². The van der Waals surface area contributed by atoms with Crippen LogP contribution in [0.1, 0.15) is 13.3 Å². The minimum absolute atomic E-state index is 0.00965. The van der Waals surface area contributed by atoms with Gasteiger partial charge in [0.1, 0.15) is 22.8 Å². The summed E-state index contributed by atoms with van der Waals surface area (Å²) in [7, 11) is 0. The number of phenolic OH excluding ortho intramolecular Hbond substituents is 3. The first kappa shape index (κ1) is 20.5. The molecule has 0 spiro atoms. The topological polar surface area (TPSA) is 109 Å². The molecule has 164 valence electrons. The number of aromatic nitrogens is 3. The van der Waals surface area contributed by atoms with Gasteiger partial charge in [0.25, 0.3) is 0 Å². The Balaban J connectivity index is 1.67. The van der Waals surface area contributed by atoms with Crippen molar-refractivity contribution < 1.29 is 20.1 Å². The molecule has 7 heteroatoms. The van der Waals surface area contributed by atoms with Crippen LogP contribution in [0, 0.1) is 0 Å². The van der Waals surface area contributed by atoms with E-state index in [4.69, 9.17) is 4.74 Å². The van der Waals surface area contributed by atoms with Gasteiger partial charge in [-0.15, -0.1) is 0 Å². The zero-order chi connectivity index (χ0) is 22.9. The highest BCUT2D eigenvalue weighted by molar-refractivity contribution is 5.99. The van der Waals surface area contributed by atoms with Crippen LogP contribution in [-0.4, -0.2) is 36.9 Å². The van der Waals surface area contributed by atoms with Crippen LogP contribution in [0.15, 0.2) is 66.7 Å². The second kappa shape index (κ2) is 8.27. The van der Waals surface area contributed by atoms with E-state index in [0.29, 0.717) is 12.4 Å². The number of aromatic hydroxyl groups is 3. The lowest BCUT2D eigenvalue weighted by atomic mass is 10.0. The number of nitrogens with zero attached hydrogens (tertiary/aromatic N) is 3. The van der Waals surface area contributed by atoms with Crippen LogP contribution in [0.3, 0.4) is 0 Å². The number of hydrogen-bond acceptors (Lipinski definition) is 7. The lowest BCUT2D eigenvalue weighted by Crippen LogP contribution is -2.04. The second-order valence-electron chi connectivity index (χ2n) is 7.73. The first-order valence-corrected chi connectivity index (χ1v) is 10.6. The molecule has 0 saturated carbocycles. The minimum atomic E-state index is -0.351.